The van der Waals surface area contributed by atoms with E-state index in [1.54, 1.807) is 18.4 Å². The minimum atomic E-state index is 0.00588. The summed E-state index contributed by atoms with van der Waals surface area (Å²) in [5.74, 6) is 0.431. The van der Waals surface area contributed by atoms with Gasteiger partial charge >= 0.3 is 0 Å². The van der Waals surface area contributed by atoms with Gasteiger partial charge in [0, 0.05) is 24.1 Å². The number of halogens is 1. The second-order valence-corrected chi connectivity index (χ2v) is 6.46. The van der Waals surface area contributed by atoms with Gasteiger partial charge in [-0.1, -0.05) is 43.6 Å². The van der Waals surface area contributed by atoms with E-state index in [0.29, 0.717) is 12.5 Å². The first-order chi connectivity index (χ1) is 10.1. The van der Waals surface area contributed by atoms with Gasteiger partial charge in [-0.2, -0.15) is 0 Å². The summed E-state index contributed by atoms with van der Waals surface area (Å²) >= 11 is 8.03. The predicted molar refractivity (Wildman–Crippen MR) is 89.4 cm³/mol. The number of methoxy groups -OCH3 is 1. The lowest BCUT2D eigenvalue weighted by Gasteiger charge is -2.18. The van der Waals surface area contributed by atoms with Crippen LogP contribution >= 0.6 is 22.9 Å². The smallest absolute Gasteiger partial charge is 0.114 e. The molecule has 5 heteroatoms. The number of hydrogen-bond acceptors (Lipinski definition) is 4. The van der Waals surface area contributed by atoms with Gasteiger partial charge in [-0.25, -0.2) is 4.98 Å². The highest BCUT2D eigenvalue weighted by atomic mass is 35.5. The molecular formula is C16H21ClN2OS. The molecule has 2 aromatic rings. The summed E-state index contributed by atoms with van der Waals surface area (Å²) in [6.07, 6.45) is 0. The van der Waals surface area contributed by atoms with Crippen molar-refractivity contribution in [3.8, 4) is 0 Å². The molecule has 0 aliphatic rings. The number of nitrogens with one attached hydrogen (secondary N) is 1. The lowest BCUT2D eigenvalue weighted by molar-refractivity contribution is 0.197. The van der Waals surface area contributed by atoms with Crippen molar-refractivity contribution in [2.24, 2.45) is 0 Å². The van der Waals surface area contributed by atoms with Crippen LogP contribution in [0.25, 0.3) is 0 Å². The van der Waals surface area contributed by atoms with Crippen molar-refractivity contribution in [2.45, 2.75) is 25.8 Å². The molecule has 2 rings (SSSR count). The van der Waals surface area contributed by atoms with Crippen molar-refractivity contribution in [1.29, 1.82) is 0 Å². The molecule has 1 unspecified atom stereocenters. The molecule has 1 atom stereocenters. The van der Waals surface area contributed by atoms with Crippen LogP contribution in [0.15, 0.2) is 29.6 Å². The normalized spacial score (nSPS) is 12.8. The number of aromatic nitrogens is 1. The molecule has 0 bridgehead atoms. The van der Waals surface area contributed by atoms with Gasteiger partial charge in [0.1, 0.15) is 5.01 Å². The molecule has 0 aliphatic heterocycles. The number of ether oxygens (including phenoxy) is 1. The van der Waals surface area contributed by atoms with Crippen LogP contribution < -0.4 is 5.32 Å². The van der Waals surface area contributed by atoms with Crippen molar-refractivity contribution >= 4 is 22.9 Å². The van der Waals surface area contributed by atoms with Crippen LogP contribution in [0.1, 0.15) is 42.1 Å². The molecule has 0 saturated heterocycles. The van der Waals surface area contributed by atoms with Crippen LogP contribution in [0.2, 0.25) is 5.02 Å². The fourth-order valence-corrected chi connectivity index (χ4v) is 3.36. The Hall–Kier alpha value is -0.940. The molecule has 21 heavy (non-hydrogen) atoms. The predicted octanol–water partition coefficient (Wildman–Crippen LogP) is 4.25. The highest BCUT2D eigenvalue weighted by molar-refractivity contribution is 7.09. The maximum absolute atomic E-state index is 6.36. The monoisotopic (exact) mass is 324 g/mol. The minimum absolute atomic E-state index is 0.00588. The van der Waals surface area contributed by atoms with Crippen molar-refractivity contribution in [3.05, 3.63) is 50.9 Å². The second-order valence-electron chi connectivity index (χ2n) is 5.17. The van der Waals surface area contributed by atoms with Gasteiger partial charge in [0.15, 0.2) is 0 Å². The van der Waals surface area contributed by atoms with E-state index < -0.39 is 0 Å². The SMILES string of the molecule is COCCNC(c1nc(C(C)C)cs1)c1ccccc1Cl. The average Bonchev–Trinajstić information content (AvgIpc) is 2.95. The van der Waals surface area contributed by atoms with E-state index in [9.17, 15) is 0 Å². The zero-order chi connectivity index (χ0) is 15.2. The van der Waals surface area contributed by atoms with E-state index in [1.807, 2.05) is 24.3 Å². The van der Waals surface area contributed by atoms with E-state index in [1.165, 1.54) is 0 Å². The Bertz CT molecular complexity index is 571. The number of rotatable bonds is 7. The molecule has 114 valence electrons. The number of nitrogens with zero attached hydrogens (tertiary/aromatic N) is 1. The average molecular weight is 325 g/mol. The molecule has 1 aromatic heterocycles. The van der Waals surface area contributed by atoms with Crippen LogP contribution in [-0.2, 0) is 4.74 Å². The fourth-order valence-electron chi connectivity index (χ4n) is 2.04. The largest absolute Gasteiger partial charge is 0.383 e. The standard InChI is InChI=1S/C16H21ClN2OS/c1-11(2)14-10-21-16(19-14)15(18-8-9-20-3)12-6-4-5-7-13(12)17/h4-7,10-11,15,18H,8-9H2,1-3H3. The Balaban J connectivity index is 2.28. The van der Waals surface area contributed by atoms with Gasteiger partial charge in [-0.05, 0) is 17.5 Å². The molecule has 1 heterocycles. The van der Waals surface area contributed by atoms with Crippen molar-refractivity contribution in [2.75, 3.05) is 20.3 Å². The summed E-state index contributed by atoms with van der Waals surface area (Å²) < 4.78 is 5.13. The van der Waals surface area contributed by atoms with Crippen LogP contribution in [0, 0.1) is 0 Å². The summed E-state index contributed by atoms with van der Waals surface area (Å²) in [5.41, 5.74) is 2.18. The zero-order valence-corrected chi connectivity index (χ0v) is 14.2. The Morgan fingerprint density at radius 3 is 2.71 bits per heavy atom. The van der Waals surface area contributed by atoms with Gasteiger partial charge in [0.25, 0.3) is 0 Å². The van der Waals surface area contributed by atoms with Gasteiger partial charge < -0.3 is 10.1 Å². The minimum Gasteiger partial charge on any atom is -0.383 e. The molecule has 3 nitrogen and oxygen atoms in total. The first-order valence-corrected chi connectivity index (χ1v) is 8.31. The van der Waals surface area contributed by atoms with E-state index in [0.717, 1.165) is 27.8 Å². The third-order valence-corrected chi connectivity index (χ3v) is 4.52. The Morgan fingerprint density at radius 1 is 1.33 bits per heavy atom. The topological polar surface area (TPSA) is 34.1 Å². The molecule has 1 N–H and O–H groups in total. The van der Waals surface area contributed by atoms with Crippen LogP contribution in [0.4, 0.5) is 0 Å². The molecular weight excluding hydrogens is 304 g/mol. The molecule has 0 aliphatic carbocycles. The number of hydrogen-bond donors (Lipinski definition) is 1. The van der Waals surface area contributed by atoms with E-state index >= 15 is 0 Å². The van der Waals surface area contributed by atoms with E-state index in [4.69, 9.17) is 21.3 Å². The third kappa shape index (κ3) is 4.27. The first-order valence-electron chi connectivity index (χ1n) is 7.05. The molecule has 0 radical (unpaired) electrons. The zero-order valence-electron chi connectivity index (χ0n) is 12.6. The molecule has 0 saturated carbocycles. The highest BCUT2D eigenvalue weighted by Gasteiger charge is 2.20. The van der Waals surface area contributed by atoms with Crippen molar-refractivity contribution < 1.29 is 4.74 Å². The van der Waals surface area contributed by atoms with Crippen molar-refractivity contribution in [3.63, 3.8) is 0 Å². The van der Waals surface area contributed by atoms with Crippen LogP contribution in [0.5, 0.6) is 0 Å². The molecule has 1 aromatic carbocycles. The lowest BCUT2D eigenvalue weighted by atomic mass is 10.1. The number of benzene rings is 1. The Kier molecular flexibility index (Phi) is 6.18. The molecule has 0 fully saturated rings. The maximum atomic E-state index is 6.36. The highest BCUT2D eigenvalue weighted by Crippen LogP contribution is 2.31. The summed E-state index contributed by atoms with van der Waals surface area (Å²) in [6.45, 7) is 5.72. The maximum Gasteiger partial charge on any atom is 0.114 e. The van der Waals surface area contributed by atoms with Crippen LogP contribution in [-0.4, -0.2) is 25.2 Å². The summed E-state index contributed by atoms with van der Waals surface area (Å²) in [6, 6.07) is 7.91. The quantitative estimate of drug-likeness (QED) is 0.773. The summed E-state index contributed by atoms with van der Waals surface area (Å²) in [4.78, 5) is 4.76. The third-order valence-electron chi connectivity index (χ3n) is 3.25. The fraction of sp³-hybridized carbons (Fsp3) is 0.438. The summed E-state index contributed by atoms with van der Waals surface area (Å²) in [5, 5.41) is 7.41. The molecule has 0 amide bonds. The number of thiazole rings is 1. The van der Waals surface area contributed by atoms with E-state index in [-0.39, 0.29) is 6.04 Å². The van der Waals surface area contributed by atoms with Crippen molar-refractivity contribution in [1.82, 2.24) is 10.3 Å². The van der Waals surface area contributed by atoms with Crippen LogP contribution in [0.3, 0.4) is 0 Å². The first kappa shape index (κ1) is 16.4. The van der Waals surface area contributed by atoms with Gasteiger partial charge in [-0.3, -0.25) is 0 Å². The molecule has 0 spiro atoms. The second kappa shape index (κ2) is 7.90. The van der Waals surface area contributed by atoms with E-state index in [2.05, 4.69) is 24.5 Å². The van der Waals surface area contributed by atoms with Gasteiger partial charge in [-0.15, -0.1) is 11.3 Å². The van der Waals surface area contributed by atoms with Gasteiger partial charge in [0.05, 0.1) is 18.3 Å². The Labute approximate surface area is 135 Å². The Morgan fingerprint density at radius 2 is 2.10 bits per heavy atom. The lowest BCUT2D eigenvalue weighted by Crippen LogP contribution is -2.26. The summed E-state index contributed by atoms with van der Waals surface area (Å²) in [7, 11) is 1.70. The van der Waals surface area contributed by atoms with Gasteiger partial charge in [0.2, 0.25) is 0 Å².